The molecular formula is C44H59IrN2O2SSi-. The number of carbonyl (C=O) groups is 1. The third-order valence-electron chi connectivity index (χ3n) is 10.00. The van der Waals surface area contributed by atoms with Gasteiger partial charge in [-0.1, -0.05) is 129 Å². The van der Waals surface area contributed by atoms with Gasteiger partial charge >= 0.3 is 0 Å². The molecule has 5 aromatic rings. The summed E-state index contributed by atoms with van der Waals surface area (Å²) >= 11 is 1.80. The summed E-state index contributed by atoms with van der Waals surface area (Å²) in [5, 5.41) is 14.9. The SMILES string of the molecule is CC(C)(C)c1ccc2c(c1)sc1c(-c3[c-]c4ccc([Si](C)(C)C)cc4c(C(C)(C)C)c3)ncnc12.CCC(CC)C(=O)/C=C(\O)C(CC)CC.[Ir]. The number of fused-ring (bicyclic) bond motifs is 4. The van der Waals surface area contributed by atoms with Gasteiger partial charge in [0.25, 0.3) is 0 Å². The fourth-order valence-electron chi connectivity index (χ4n) is 6.51. The number of carbonyl (C=O) groups excluding carboxylic acids is 1. The van der Waals surface area contributed by atoms with E-state index in [0.29, 0.717) is 0 Å². The van der Waals surface area contributed by atoms with Crippen molar-refractivity contribution in [2.45, 2.75) is 125 Å². The topological polar surface area (TPSA) is 63.1 Å². The summed E-state index contributed by atoms with van der Waals surface area (Å²) in [6, 6.07) is 19.9. The minimum absolute atomic E-state index is 0. The van der Waals surface area contributed by atoms with Gasteiger partial charge in [0.2, 0.25) is 0 Å². The van der Waals surface area contributed by atoms with Crippen LogP contribution in [0.4, 0.5) is 0 Å². The van der Waals surface area contributed by atoms with Crippen molar-refractivity contribution >= 4 is 61.5 Å². The van der Waals surface area contributed by atoms with Gasteiger partial charge in [0.05, 0.1) is 19.3 Å². The molecule has 0 saturated carbocycles. The van der Waals surface area contributed by atoms with E-state index < -0.39 is 8.07 Å². The Kier molecular flexibility index (Phi) is 14.2. The number of hydrogen-bond acceptors (Lipinski definition) is 5. The summed E-state index contributed by atoms with van der Waals surface area (Å²) in [5.41, 5.74) is 5.89. The molecule has 0 aliphatic rings. The van der Waals surface area contributed by atoms with Crippen LogP contribution in [0.5, 0.6) is 0 Å². The number of aromatic nitrogens is 2. The van der Waals surface area contributed by atoms with Gasteiger partial charge < -0.3 is 5.11 Å². The largest absolute Gasteiger partial charge is 0.512 e. The summed E-state index contributed by atoms with van der Waals surface area (Å²) in [6.45, 7) is 29.0. The number of rotatable bonds is 9. The molecule has 2 heterocycles. The van der Waals surface area contributed by atoms with E-state index in [9.17, 15) is 9.90 Å². The van der Waals surface area contributed by atoms with Gasteiger partial charge in [0.15, 0.2) is 5.78 Å². The van der Waals surface area contributed by atoms with Crippen molar-refractivity contribution in [1.82, 2.24) is 9.97 Å². The smallest absolute Gasteiger partial charge is 0.162 e. The number of allylic oxidation sites excluding steroid dienone is 2. The molecule has 51 heavy (non-hydrogen) atoms. The Hall–Kier alpha value is -2.70. The number of nitrogens with zero attached hydrogens (tertiary/aromatic N) is 2. The molecule has 0 unspecified atom stereocenters. The molecule has 4 nitrogen and oxygen atoms in total. The minimum atomic E-state index is -1.42. The second-order valence-corrected chi connectivity index (χ2v) is 22.9. The molecule has 0 aliphatic carbocycles. The molecule has 0 amide bonds. The molecule has 0 atom stereocenters. The van der Waals surface area contributed by atoms with Gasteiger partial charge in [-0.05, 0) is 48.1 Å². The molecule has 3 aromatic carbocycles. The van der Waals surface area contributed by atoms with Crippen LogP contribution < -0.4 is 5.19 Å². The molecule has 0 saturated heterocycles. The zero-order valence-corrected chi connectivity index (χ0v) is 37.4. The molecule has 0 spiro atoms. The van der Waals surface area contributed by atoms with E-state index in [0.717, 1.165) is 52.5 Å². The quantitative estimate of drug-likeness (QED) is 0.0693. The third kappa shape index (κ3) is 9.84. The summed E-state index contributed by atoms with van der Waals surface area (Å²) < 4.78 is 2.41. The monoisotopic (exact) mass is 900 g/mol. The van der Waals surface area contributed by atoms with Gasteiger partial charge in [-0.2, -0.15) is 0 Å². The average Bonchev–Trinajstić information content (AvgIpc) is 3.42. The van der Waals surface area contributed by atoms with E-state index in [2.05, 4.69) is 110 Å². The van der Waals surface area contributed by atoms with Crippen molar-refractivity contribution in [3.05, 3.63) is 77.8 Å². The summed E-state index contributed by atoms with van der Waals surface area (Å²) in [4.78, 5) is 21.2. The Balaban J connectivity index is 0.000000374. The molecule has 0 aliphatic heterocycles. The molecule has 1 N–H and O–H groups in total. The first-order valence-corrected chi connectivity index (χ1v) is 22.8. The van der Waals surface area contributed by atoms with Gasteiger partial charge in [0.1, 0.15) is 6.33 Å². The van der Waals surface area contributed by atoms with Crippen LogP contribution in [0.25, 0.3) is 42.3 Å². The van der Waals surface area contributed by atoms with E-state index in [1.807, 2.05) is 27.7 Å². The van der Waals surface area contributed by atoms with Gasteiger partial charge in [0, 0.05) is 58.5 Å². The van der Waals surface area contributed by atoms with Crippen LogP contribution in [0.3, 0.4) is 0 Å². The second kappa shape index (κ2) is 17.0. The zero-order chi connectivity index (χ0) is 37.2. The van der Waals surface area contributed by atoms with Crippen molar-refractivity contribution in [3.63, 3.8) is 0 Å². The standard InChI is InChI=1S/C31H35N2SSi.C13H24O2.Ir/c1-30(2,3)21-11-13-23-26(16-21)34-29-27(32-18-33-28(23)29)20-14-19-10-12-22(35(7,8)9)17-24(19)25(15-20)31(4,5)6;1-5-10(6-2)12(14)9-13(15)11(7-3)8-4;/h10-13,15-18H,1-9H3;9-11,14H,5-8H2,1-4H3;/q-1;;/b;12-9-;. The molecule has 7 heteroatoms. The Labute approximate surface area is 326 Å². The number of aliphatic hydroxyl groups is 1. The molecule has 0 bridgehead atoms. The molecular weight excluding hydrogens is 841 g/mol. The fraction of sp³-hybridized carbons (Fsp3) is 0.477. The number of ketones is 1. The van der Waals surface area contributed by atoms with Gasteiger partial charge in [-0.25, -0.2) is 4.98 Å². The first-order chi connectivity index (χ1) is 23.3. The van der Waals surface area contributed by atoms with Crippen molar-refractivity contribution in [3.8, 4) is 11.3 Å². The maximum absolute atomic E-state index is 11.7. The Morgan fingerprint density at radius 1 is 0.843 bits per heavy atom. The Bertz CT molecular complexity index is 2000. The van der Waals surface area contributed by atoms with E-state index in [4.69, 9.17) is 9.97 Å². The molecule has 5 rings (SSSR count). The van der Waals surface area contributed by atoms with Crippen LogP contribution >= 0.6 is 11.3 Å². The second-order valence-electron chi connectivity index (χ2n) is 16.8. The van der Waals surface area contributed by atoms with Crippen molar-refractivity contribution < 1.29 is 30.0 Å². The van der Waals surface area contributed by atoms with Crippen LogP contribution in [0.15, 0.2) is 60.6 Å². The Morgan fingerprint density at radius 2 is 1.47 bits per heavy atom. The number of benzene rings is 3. The number of hydrogen-bond donors (Lipinski definition) is 1. The summed E-state index contributed by atoms with van der Waals surface area (Å²) in [7, 11) is -1.42. The molecule has 2 aromatic heterocycles. The van der Waals surface area contributed by atoms with E-state index in [-0.39, 0.29) is 54.3 Å². The number of thiophene rings is 1. The van der Waals surface area contributed by atoms with Crippen molar-refractivity contribution in [2.75, 3.05) is 0 Å². The van der Waals surface area contributed by atoms with Crippen LogP contribution in [-0.2, 0) is 35.7 Å². The molecule has 277 valence electrons. The summed E-state index contributed by atoms with van der Waals surface area (Å²) in [6.07, 6.45) is 6.62. The predicted molar refractivity (Wildman–Crippen MR) is 221 cm³/mol. The van der Waals surface area contributed by atoms with Crippen LogP contribution in [0, 0.1) is 17.9 Å². The Morgan fingerprint density at radius 3 is 2.02 bits per heavy atom. The van der Waals surface area contributed by atoms with Crippen molar-refractivity contribution in [1.29, 1.82) is 0 Å². The molecule has 0 fully saturated rings. The zero-order valence-electron chi connectivity index (χ0n) is 33.2. The van der Waals surface area contributed by atoms with Gasteiger partial charge in [-0.3, -0.25) is 9.78 Å². The van der Waals surface area contributed by atoms with E-state index in [1.165, 1.54) is 37.9 Å². The maximum atomic E-state index is 11.7. The normalized spacial score (nSPS) is 12.8. The maximum Gasteiger partial charge on any atom is 0.162 e. The number of aliphatic hydroxyl groups excluding tert-OH is 1. The fourth-order valence-corrected chi connectivity index (χ4v) is 8.87. The van der Waals surface area contributed by atoms with Crippen LogP contribution in [-0.4, -0.2) is 28.9 Å². The van der Waals surface area contributed by atoms with E-state index in [1.54, 1.807) is 17.7 Å². The average molecular weight is 900 g/mol. The van der Waals surface area contributed by atoms with Gasteiger partial charge in [-0.15, -0.1) is 40.5 Å². The van der Waals surface area contributed by atoms with Crippen LogP contribution in [0.1, 0.15) is 106 Å². The van der Waals surface area contributed by atoms with Crippen molar-refractivity contribution in [2.24, 2.45) is 11.8 Å². The van der Waals surface area contributed by atoms with E-state index >= 15 is 0 Å². The predicted octanol–water partition coefficient (Wildman–Crippen LogP) is 12.5. The minimum Gasteiger partial charge on any atom is -0.512 e. The third-order valence-corrected chi connectivity index (χ3v) is 13.2. The molecule has 1 radical (unpaired) electrons. The first-order valence-electron chi connectivity index (χ1n) is 18.5. The first kappa shape index (κ1) is 42.7. The summed E-state index contributed by atoms with van der Waals surface area (Å²) in [5.74, 6) is 0.547. The van der Waals surface area contributed by atoms with Crippen LogP contribution in [0.2, 0.25) is 19.6 Å².